The van der Waals surface area contributed by atoms with E-state index in [1.165, 1.54) is 54.0 Å². The van der Waals surface area contributed by atoms with Crippen LogP contribution in [0.4, 0.5) is 36.6 Å². The van der Waals surface area contributed by atoms with Gasteiger partial charge in [0.1, 0.15) is 23.0 Å². The van der Waals surface area contributed by atoms with E-state index in [2.05, 4.69) is 59.8 Å². The van der Waals surface area contributed by atoms with Gasteiger partial charge in [-0.15, -0.1) is 26.3 Å². The Bertz CT molecular complexity index is 2860. The van der Waals surface area contributed by atoms with Crippen molar-refractivity contribution in [2.75, 3.05) is 69.4 Å². The summed E-state index contributed by atoms with van der Waals surface area (Å²) in [7, 11) is 1.33. The van der Waals surface area contributed by atoms with Crippen LogP contribution in [-0.4, -0.2) is 121 Å². The van der Waals surface area contributed by atoms with Crippen LogP contribution in [0.15, 0.2) is 72.8 Å². The van der Waals surface area contributed by atoms with E-state index >= 15 is 0 Å². The third-order valence-corrected chi connectivity index (χ3v) is 14.7. The number of carboxylic acids is 1. The average molecular weight is 1090 g/mol. The largest absolute Gasteiger partial charge is 0.573 e. The number of alkyl halides is 6. The summed E-state index contributed by atoms with van der Waals surface area (Å²) in [5.74, 6) is -0.747. The molecule has 4 heterocycles. The van der Waals surface area contributed by atoms with E-state index in [-0.39, 0.29) is 36.8 Å². The van der Waals surface area contributed by atoms with Gasteiger partial charge in [-0.3, -0.25) is 9.80 Å². The van der Waals surface area contributed by atoms with E-state index in [9.17, 15) is 35.9 Å². The van der Waals surface area contributed by atoms with Crippen molar-refractivity contribution in [3.8, 4) is 23.0 Å². The maximum atomic E-state index is 12.7. The average Bonchev–Trinajstić information content (AvgIpc) is 3.97. The first-order valence-electron chi connectivity index (χ1n) is 24.8. The van der Waals surface area contributed by atoms with Gasteiger partial charge >= 0.3 is 24.7 Å². The Balaban J connectivity index is 0.000000219. The van der Waals surface area contributed by atoms with Crippen molar-refractivity contribution in [2.45, 2.75) is 104 Å². The van der Waals surface area contributed by atoms with Crippen molar-refractivity contribution in [1.29, 1.82) is 0 Å². The van der Waals surface area contributed by atoms with E-state index < -0.39 is 24.7 Å². The van der Waals surface area contributed by atoms with Gasteiger partial charge in [-0.2, -0.15) is 0 Å². The molecular formula is C53H62F6N6O8S2. The van der Waals surface area contributed by atoms with Crippen molar-refractivity contribution in [2.24, 2.45) is 0 Å². The molecule has 0 bridgehead atoms. The van der Waals surface area contributed by atoms with Crippen molar-refractivity contribution < 1.29 is 64.7 Å². The third-order valence-electron chi connectivity index (χ3n) is 12.6. The molecule has 0 aliphatic carbocycles. The van der Waals surface area contributed by atoms with Crippen LogP contribution < -0.4 is 28.7 Å². The molecule has 2 aliphatic heterocycles. The molecule has 2 fully saturated rings. The fourth-order valence-corrected chi connectivity index (χ4v) is 11.5. The fourth-order valence-electron chi connectivity index (χ4n) is 9.29. The molecule has 0 amide bonds. The number of hydrogen-bond acceptors (Lipinski definition) is 15. The van der Waals surface area contributed by atoms with Gasteiger partial charge in [-0.25, -0.2) is 19.6 Å². The summed E-state index contributed by atoms with van der Waals surface area (Å²) in [5.41, 5.74) is 5.52. The Labute approximate surface area is 439 Å². The number of rotatable bonds is 20. The van der Waals surface area contributed by atoms with E-state index in [1.807, 2.05) is 38.1 Å². The number of carboxylic acid groups (broad SMARTS) is 1. The van der Waals surface area contributed by atoms with E-state index in [0.717, 1.165) is 117 Å². The highest BCUT2D eigenvalue weighted by molar-refractivity contribution is 7.22. The lowest BCUT2D eigenvalue weighted by Gasteiger charge is -2.41. The van der Waals surface area contributed by atoms with Gasteiger partial charge in [0, 0.05) is 76.6 Å². The Morgan fingerprint density at radius 3 is 1.47 bits per heavy atom. The van der Waals surface area contributed by atoms with Crippen molar-refractivity contribution in [1.82, 2.24) is 19.8 Å². The second-order valence-electron chi connectivity index (χ2n) is 18.7. The lowest BCUT2D eigenvalue weighted by atomic mass is 10.0. The number of methoxy groups -OCH3 is 1. The molecule has 2 atom stereocenters. The minimum absolute atomic E-state index is 0.136. The molecule has 406 valence electrons. The number of hydrogen-bond donors (Lipinski definition) is 1. The molecule has 2 saturated heterocycles. The topological polar surface area (TPSA) is 139 Å². The Morgan fingerprint density at radius 1 is 0.627 bits per heavy atom. The number of esters is 1. The molecule has 1 N–H and O–H groups in total. The van der Waals surface area contributed by atoms with Crippen molar-refractivity contribution in [3.63, 3.8) is 0 Å². The number of nitrogens with zero attached hydrogens (tertiary/aromatic N) is 6. The Hall–Kier alpha value is -6.10. The van der Waals surface area contributed by atoms with Crippen LogP contribution in [0.3, 0.4) is 0 Å². The normalized spacial score (nSPS) is 16.7. The minimum Gasteiger partial charge on any atom is -0.482 e. The molecule has 14 nitrogen and oxygen atoms in total. The van der Waals surface area contributed by atoms with Crippen LogP contribution in [0.5, 0.6) is 23.0 Å². The molecule has 6 aromatic rings. The number of carbonyl (C=O) groups excluding carboxylic acids is 1. The third kappa shape index (κ3) is 16.9. The number of unbranched alkanes of at least 4 members (excludes halogenated alkanes) is 2. The SMILES string of the molecule is CCCC[C@@H]1CN(Cc2cc(C)cc(OCC(=O)O)c2)CCN1c1nc2ccc(OC(F)(F)F)cc2s1.CCCC[C@@H]1CN(Cc2cc(C)cc(OCC(=O)OC)c2)CCN1c1nc2ccc(OC(F)(F)F)cc2s1. The van der Waals surface area contributed by atoms with Crippen LogP contribution in [0.2, 0.25) is 0 Å². The number of halogens is 6. The predicted molar refractivity (Wildman–Crippen MR) is 277 cm³/mol. The zero-order valence-corrected chi connectivity index (χ0v) is 44.1. The number of anilines is 2. The van der Waals surface area contributed by atoms with Gasteiger partial charge in [0.05, 0.1) is 27.5 Å². The molecule has 8 rings (SSSR count). The molecule has 2 aliphatic rings. The summed E-state index contributed by atoms with van der Waals surface area (Å²) < 4.78 is 101. The first-order valence-corrected chi connectivity index (χ1v) is 26.4. The lowest BCUT2D eigenvalue weighted by Crippen LogP contribution is -2.53. The van der Waals surface area contributed by atoms with Crippen LogP contribution in [0, 0.1) is 13.8 Å². The highest BCUT2D eigenvalue weighted by Gasteiger charge is 2.34. The number of benzene rings is 4. The summed E-state index contributed by atoms with van der Waals surface area (Å²) >= 11 is 2.78. The maximum Gasteiger partial charge on any atom is 0.573 e. The number of aliphatic carboxylic acids is 1. The summed E-state index contributed by atoms with van der Waals surface area (Å²) in [6.45, 7) is 14.0. The molecule has 2 aromatic heterocycles. The van der Waals surface area contributed by atoms with Gasteiger partial charge in [0.15, 0.2) is 23.5 Å². The van der Waals surface area contributed by atoms with Crippen molar-refractivity contribution in [3.05, 3.63) is 95.1 Å². The first kappa shape index (κ1) is 56.6. The number of piperazine rings is 2. The van der Waals surface area contributed by atoms with E-state index in [0.29, 0.717) is 38.5 Å². The van der Waals surface area contributed by atoms with Gasteiger partial charge in [0.2, 0.25) is 0 Å². The van der Waals surface area contributed by atoms with Gasteiger partial charge in [-0.1, -0.05) is 74.3 Å². The van der Waals surface area contributed by atoms with E-state index in [1.54, 1.807) is 12.1 Å². The summed E-state index contributed by atoms with van der Waals surface area (Å²) in [6.07, 6.45) is -3.23. The van der Waals surface area contributed by atoms with Crippen LogP contribution in [0.25, 0.3) is 20.4 Å². The van der Waals surface area contributed by atoms with E-state index in [4.69, 9.17) is 24.5 Å². The second kappa shape index (κ2) is 25.6. The smallest absolute Gasteiger partial charge is 0.482 e. The Morgan fingerprint density at radius 2 is 1.07 bits per heavy atom. The van der Waals surface area contributed by atoms with Gasteiger partial charge in [0.25, 0.3) is 0 Å². The standard InChI is InChI=1S/C27H32F3N3O4S.C26H30F3N3O4S/c1-4-5-6-20-16-32(15-19-11-18(2)12-22(13-19)36-17-25(34)35-3)9-10-33(20)26-31-23-8-7-21(14-24(23)38-26)37-27(28,29)30;1-3-4-5-19-15-31(14-18-10-17(2)11-21(12-18)35-16-24(33)34)8-9-32(19)25-30-22-7-6-20(13-23(22)37-25)36-26(27,28)29/h7-8,11-14,20H,4-6,9-10,15-17H2,1-3H3;6-7,10-13,19H,3-5,8-9,14-16H2,1-2H3,(H,33,34)/t20-;19-/m11/s1. The number of aromatic nitrogens is 2. The number of carbonyl (C=O) groups is 2. The first-order chi connectivity index (χ1) is 35.7. The highest BCUT2D eigenvalue weighted by Crippen LogP contribution is 2.38. The number of thiazole rings is 2. The van der Waals surface area contributed by atoms with Crippen LogP contribution >= 0.6 is 22.7 Å². The summed E-state index contributed by atoms with van der Waals surface area (Å²) in [4.78, 5) is 41.1. The zero-order valence-electron chi connectivity index (χ0n) is 42.5. The minimum atomic E-state index is -4.73. The van der Waals surface area contributed by atoms with Gasteiger partial charge < -0.3 is 38.6 Å². The van der Waals surface area contributed by atoms with Crippen molar-refractivity contribution >= 4 is 65.3 Å². The predicted octanol–water partition coefficient (Wildman–Crippen LogP) is 11.8. The quantitative estimate of drug-likeness (QED) is 0.0573. The Kier molecular flexibility index (Phi) is 19.3. The molecular weight excluding hydrogens is 1030 g/mol. The number of fused-ring (bicyclic) bond motifs is 2. The molecule has 4 aromatic carbocycles. The summed E-state index contributed by atoms with van der Waals surface area (Å²) in [5, 5.41) is 10.5. The number of ether oxygens (including phenoxy) is 5. The fraction of sp³-hybridized carbons (Fsp3) is 0.472. The van der Waals surface area contributed by atoms with Crippen LogP contribution in [-0.2, 0) is 27.4 Å². The number of aryl methyl sites for hydroxylation is 2. The molecule has 22 heteroatoms. The zero-order chi connectivity index (χ0) is 53.9. The van der Waals surface area contributed by atoms with Crippen LogP contribution in [0.1, 0.15) is 74.6 Å². The lowest BCUT2D eigenvalue weighted by molar-refractivity contribution is -0.275. The molecule has 0 radical (unpaired) electrons. The monoisotopic (exact) mass is 1090 g/mol. The highest BCUT2D eigenvalue weighted by atomic mass is 32.1. The maximum absolute atomic E-state index is 12.7. The molecule has 0 spiro atoms. The molecule has 0 saturated carbocycles. The summed E-state index contributed by atoms with van der Waals surface area (Å²) in [6, 6.07) is 20.7. The molecule has 75 heavy (non-hydrogen) atoms. The van der Waals surface area contributed by atoms with Gasteiger partial charge in [-0.05, 0) is 97.5 Å². The molecule has 0 unspecified atom stereocenters. The second-order valence-corrected chi connectivity index (χ2v) is 20.7.